The fourth-order valence-corrected chi connectivity index (χ4v) is 1.75. The van der Waals surface area contributed by atoms with Gasteiger partial charge in [0.05, 0.1) is 0 Å². The van der Waals surface area contributed by atoms with Crippen molar-refractivity contribution >= 4 is 23.0 Å². The Labute approximate surface area is 109 Å². The topological polar surface area (TPSA) is 24.1 Å². The van der Waals surface area contributed by atoms with Crippen LogP contribution in [-0.4, -0.2) is 11.7 Å². The molecule has 2 N–H and O–H groups in total. The number of hydrogen-bond donors (Lipinski definition) is 2. The molecule has 0 fully saturated rings. The van der Waals surface area contributed by atoms with Gasteiger partial charge in [-0.15, -0.1) is 6.58 Å². The van der Waals surface area contributed by atoms with Crippen molar-refractivity contribution in [2.45, 2.75) is 26.2 Å². The summed E-state index contributed by atoms with van der Waals surface area (Å²) in [5.74, 6) is 0. The van der Waals surface area contributed by atoms with Crippen LogP contribution in [-0.2, 0) is 6.42 Å². The Morgan fingerprint density at radius 3 is 2.88 bits per heavy atom. The molecule has 0 aliphatic carbocycles. The highest BCUT2D eigenvalue weighted by molar-refractivity contribution is 7.80. The molecule has 0 spiro atoms. The zero-order chi connectivity index (χ0) is 12.5. The predicted molar refractivity (Wildman–Crippen MR) is 79.5 cm³/mol. The third-order valence-electron chi connectivity index (χ3n) is 2.47. The van der Waals surface area contributed by atoms with Gasteiger partial charge in [-0.1, -0.05) is 37.6 Å². The first-order chi connectivity index (χ1) is 8.27. The summed E-state index contributed by atoms with van der Waals surface area (Å²) >= 11 is 5.20. The van der Waals surface area contributed by atoms with Crippen LogP contribution in [0.3, 0.4) is 0 Å². The molecule has 3 heteroatoms. The zero-order valence-electron chi connectivity index (χ0n) is 10.3. The molecule has 0 aliphatic rings. The molecule has 0 atom stereocenters. The third-order valence-corrected chi connectivity index (χ3v) is 2.72. The van der Waals surface area contributed by atoms with E-state index in [9.17, 15) is 0 Å². The second kappa shape index (κ2) is 7.85. The summed E-state index contributed by atoms with van der Waals surface area (Å²) < 4.78 is 0. The van der Waals surface area contributed by atoms with Gasteiger partial charge in [0, 0.05) is 12.2 Å². The fraction of sp³-hybridized carbons (Fsp3) is 0.357. The van der Waals surface area contributed by atoms with Crippen LogP contribution < -0.4 is 10.6 Å². The Morgan fingerprint density at radius 2 is 2.18 bits per heavy atom. The van der Waals surface area contributed by atoms with Crippen LogP contribution >= 0.6 is 12.2 Å². The maximum atomic E-state index is 5.20. The van der Waals surface area contributed by atoms with Gasteiger partial charge in [0.2, 0.25) is 0 Å². The Balaban J connectivity index is 2.62. The van der Waals surface area contributed by atoms with Gasteiger partial charge in [-0.25, -0.2) is 0 Å². The molecule has 1 aromatic carbocycles. The van der Waals surface area contributed by atoms with Gasteiger partial charge in [0.25, 0.3) is 0 Å². The molecule has 0 heterocycles. The van der Waals surface area contributed by atoms with E-state index >= 15 is 0 Å². The third kappa shape index (κ3) is 5.00. The molecule has 0 saturated heterocycles. The van der Waals surface area contributed by atoms with Crippen molar-refractivity contribution < 1.29 is 0 Å². The highest BCUT2D eigenvalue weighted by Gasteiger charge is 2.02. The first kappa shape index (κ1) is 13.7. The van der Waals surface area contributed by atoms with E-state index in [2.05, 4.69) is 42.3 Å². The maximum absolute atomic E-state index is 5.20. The zero-order valence-corrected chi connectivity index (χ0v) is 11.1. The van der Waals surface area contributed by atoms with Crippen molar-refractivity contribution in [3.8, 4) is 0 Å². The molecular formula is C14H20N2S. The van der Waals surface area contributed by atoms with Crippen molar-refractivity contribution in [3.05, 3.63) is 42.5 Å². The summed E-state index contributed by atoms with van der Waals surface area (Å²) in [6.07, 6.45) is 5.28. The lowest BCUT2D eigenvalue weighted by atomic mass is 10.1. The Bertz CT molecular complexity index is 374. The Hall–Kier alpha value is -1.35. The lowest BCUT2D eigenvalue weighted by Gasteiger charge is -2.13. The summed E-state index contributed by atoms with van der Waals surface area (Å²) in [6.45, 7) is 6.53. The SMILES string of the molecule is C=CCNC(=S)Nc1ccccc1CCCC. The van der Waals surface area contributed by atoms with Gasteiger partial charge in [0.15, 0.2) is 5.11 Å². The van der Waals surface area contributed by atoms with Crippen LogP contribution in [0.25, 0.3) is 0 Å². The molecule has 0 bridgehead atoms. The van der Waals surface area contributed by atoms with Gasteiger partial charge in [-0.2, -0.15) is 0 Å². The predicted octanol–water partition coefficient (Wildman–Crippen LogP) is 3.50. The van der Waals surface area contributed by atoms with E-state index in [0.717, 1.165) is 12.1 Å². The highest BCUT2D eigenvalue weighted by Crippen LogP contribution is 2.17. The van der Waals surface area contributed by atoms with Gasteiger partial charge in [-0.3, -0.25) is 0 Å². The molecule has 0 amide bonds. The highest BCUT2D eigenvalue weighted by atomic mass is 32.1. The second-order valence-electron chi connectivity index (χ2n) is 3.88. The van der Waals surface area contributed by atoms with Crippen LogP contribution in [0.4, 0.5) is 5.69 Å². The number of aryl methyl sites for hydroxylation is 1. The van der Waals surface area contributed by atoms with E-state index in [1.165, 1.54) is 18.4 Å². The standard InChI is InChI=1S/C14H20N2S/c1-3-5-8-12-9-6-7-10-13(12)16-14(17)15-11-4-2/h4,6-7,9-10H,2-3,5,8,11H2,1H3,(H2,15,16,17). The van der Waals surface area contributed by atoms with E-state index < -0.39 is 0 Å². The van der Waals surface area contributed by atoms with E-state index in [0.29, 0.717) is 11.7 Å². The number of thiocarbonyl (C=S) groups is 1. The van der Waals surface area contributed by atoms with E-state index in [1.54, 1.807) is 6.08 Å². The molecule has 0 radical (unpaired) electrons. The number of hydrogen-bond acceptors (Lipinski definition) is 1. The fourth-order valence-electron chi connectivity index (χ4n) is 1.56. The minimum Gasteiger partial charge on any atom is -0.359 e. The summed E-state index contributed by atoms with van der Waals surface area (Å²) in [5.41, 5.74) is 2.42. The number of benzene rings is 1. The number of anilines is 1. The molecule has 0 unspecified atom stereocenters. The van der Waals surface area contributed by atoms with E-state index in [-0.39, 0.29) is 0 Å². The lowest BCUT2D eigenvalue weighted by molar-refractivity contribution is 0.796. The smallest absolute Gasteiger partial charge is 0.171 e. The minimum absolute atomic E-state index is 0.647. The monoisotopic (exact) mass is 248 g/mol. The summed E-state index contributed by atoms with van der Waals surface area (Å²) in [6, 6.07) is 8.30. The van der Waals surface area contributed by atoms with E-state index in [4.69, 9.17) is 12.2 Å². The molecule has 92 valence electrons. The van der Waals surface area contributed by atoms with Crippen LogP contribution in [0.5, 0.6) is 0 Å². The Kier molecular flexibility index (Phi) is 6.33. The quantitative estimate of drug-likeness (QED) is 0.595. The summed E-state index contributed by atoms with van der Waals surface area (Å²) in [4.78, 5) is 0. The van der Waals surface area contributed by atoms with Gasteiger partial charge < -0.3 is 10.6 Å². The van der Waals surface area contributed by atoms with Gasteiger partial charge in [0.1, 0.15) is 0 Å². The van der Waals surface area contributed by atoms with Crippen molar-refractivity contribution in [3.63, 3.8) is 0 Å². The van der Waals surface area contributed by atoms with Crippen molar-refractivity contribution in [2.75, 3.05) is 11.9 Å². The van der Waals surface area contributed by atoms with Crippen LogP contribution in [0.15, 0.2) is 36.9 Å². The Morgan fingerprint density at radius 1 is 1.41 bits per heavy atom. The van der Waals surface area contributed by atoms with Crippen molar-refractivity contribution in [1.82, 2.24) is 5.32 Å². The summed E-state index contributed by atoms with van der Waals surface area (Å²) in [5, 5.41) is 6.94. The largest absolute Gasteiger partial charge is 0.359 e. The lowest BCUT2D eigenvalue weighted by Crippen LogP contribution is -2.28. The first-order valence-corrected chi connectivity index (χ1v) is 6.42. The number of para-hydroxylation sites is 1. The molecule has 1 rings (SSSR count). The number of nitrogens with one attached hydrogen (secondary N) is 2. The van der Waals surface area contributed by atoms with E-state index in [1.807, 2.05) is 6.07 Å². The number of unbranched alkanes of at least 4 members (excludes halogenated alkanes) is 1. The first-order valence-electron chi connectivity index (χ1n) is 6.01. The summed E-state index contributed by atoms with van der Waals surface area (Å²) in [7, 11) is 0. The molecular weight excluding hydrogens is 228 g/mol. The normalized spacial score (nSPS) is 9.71. The van der Waals surface area contributed by atoms with Gasteiger partial charge in [-0.05, 0) is 36.7 Å². The molecule has 17 heavy (non-hydrogen) atoms. The van der Waals surface area contributed by atoms with Crippen molar-refractivity contribution in [1.29, 1.82) is 0 Å². The van der Waals surface area contributed by atoms with Crippen LogP contribution in [0.2, 0.25) is 0 Å². The average molecular weight is 248 g/mol. The molecule has 2 nitrogen and oxygen atoms in total. The molecule has 0 aliphatic heterocycles. The molecule has 0 saturated carbocycles. The average Bonchev–Trinajstić information content (AvgIpc) is 2.35. The van der Waals surface area contributed by atoms with Crippen LogP contribution in [0.1, 0.15) is 25.3 Å². The number of rotatable bonds is 6. The van der Waals surface area contributed by atoms with Crippen molar-refractivity contribution in [2.24, 2.45) is 0 Å². The maximum Gasteiger partial charge on any atom is 0.171 e. The minimum atomic E-state index is 0.647. The second-order valence-corrected chi connectivity index (χ2v) is 4.29. The van der Waals surface area contributed by atoms with Crippen LogP contribution in [0, 0.1) is 0 Å². The van der Waals surface area contributed by atoms with Gasteiger partial charge >= 0.3 is 0 Å². The molecule has 1 aromatic rings. The molecule has 0 aromatic heterocycles.